The van der Waals surface area contributed by atoms with Crippen LogP contribution in [0.4, 0.5) is 0 Å². The maximum Gasteiger partial charge on any atom is 0.00928 e. The van der Waals surface area contributed by atoms with Crippen LogP contribution in [0.5, 0.6) is 0 Å². The van der Waals surface area contributed by atoms with E-state index in [1.165, 1.54) is 57.9 Å². The minimum absolute atomic E-state index is 0.844. The normalized spacial score (nSPS) is 34.9. The molecule has 14 heavy (non-hydrogen) atoms. The highest BCUT2D eigenvalue weighted by atomic mass is 14.9. The number of hydrogen-bond donors (Lipinski definition) is 1. The average molecular weight is 195 g/mol. The third-order valence-electron chi connectivity index (χ3n) is 4.25. The molecule has 0 bridgehead atoms. The summed E-state index contributed by atoms with van der Waals surface area (Å²) >= 11 is 0. The zero-order valence-electron chi connectivity index (χ0n) is 9.60. The van der Waals surface area contributed by atoms with Gasteiger partial charge in [0.15, 0.2) is 0 Å². The number of rotatable bonds is 3. The maximum absolute atomic E-state index is 3.80. The second-order valence-electron chi connectivity index (χ2n) is 5.43. The summed E-state index contributed by atoms with van der Waals surface area (Å²) in [6, 6.07) is 0.844. The van der Waals surface area contributed by atoms with Crippen LogP contribution >= 0.6 is 0 Å². The molecule has 82 valence electrons. The van der Waals surface area contributed by atoms with Gasteiger partial charge in [-0.05, 0) is 44.1 Å². The van der Waals surface area contributed by atoms with E-state index in [2.05, 4.69) is 12.2 Å². The van der Waals surface area contributed by atoms with Gasteiger partial charge in [-0.25, -0.2) is 0 Å². The van der Waals surface area contributed by atoms with Crippen molar-refractivity contribution in [3.8, 4) is 0 Å². The first kappa shape index (κ1) is 10.5. The molecule has 0 heterocycles. The van der Waals surface area contributed by atoms with E-state index in [0.29, 0.717) is 0 Å². The molecule has 2 aliphatic rings. The van der Waals surface area contributed by atoms with E-state index < -0.39 is 0 Å². The Bertz CT molecular complexity index is 161. The molecule has 0 spiro atoms. The van der Waals surface area contributed by atoms with E-state index in [-0.39, 0.29) is 0 Å². The Kier molecular flexibility index (Phi) is 3.86. The van der Waals surface area contributed by atoms with Crippen molar-refractivity contribution in [3.63, 3.8) is 0 Å². The van der Waals surface area contributed by atoms with Gasteiger partial charge >= 0.3 is 0 Å². The van der Waals surface area contributed by atoms with Gasteiger partial charge in [0.25, 0.3) is 0 Å². The second kappa shape index (κ2) is 5.16. The van der Waals surface area contributed by atoms with Crippen LogP contribution in [0, 0.1) is 11.8 Å². The second-order valence-corrected chi connectivity index (χ2v) is 5.43. The molecule has 0 aromatic carbocycles. The van der Waals surface area contributed by atoms with E-state index >= 15 is 0 Å². The molecule has 1 N–H and O–H groups in total. The van der Waals surface area contributed by atoms with Crippen molar-refractivity contribution in [2.45, 2.75) is 64.3 Å². The van der Waals surface area contributed by atoms with E-state index in [1.54, 1.807) is 0 Å². The lowest BCUT2D eigenvalue weighted by Crippen LogP contribution is -2.35. The smallest absolute Gasteiger partial charge is 0.00928 e. The van der Waals surface area contributed by atoms with Gasteiger partial charge in [0.2, 0.25) is 0 Å². The van der Waals surface area contributed by atoms with Crippen LogP contribution in [0.3, 0.4) is 0 Å². The lowest BCUT2D eigenvalue weighted by Gasteiger charge is -2.25. The molecule has 2 atom stereocenters. The zero-order valence-corrected chi connectivity index (χ0v) is 9.60. The van der Waals surface area contributed by atoms with Gasteiger partial charge in [-0.2, -0.15) is 0 Å². The molecule has 0 aromatic rings. The topological polar surface area (TPSA) is 12.0 Å². The van der Waals surface area contributed by atoms with Crippen LogP contribution in [0.25, 0.3) is 0 Å². The van der Waals surface area contributed by atoms with Crippen LogP contribution in [0.15, 0.2) is 0 Å². The first-order valence-electron chi connectivity index (χ1n) is 6.59. The predicted octanol–water partition coefficient (Wildman–Crippen LogP) is 3.34. The maximum atomic E-state index is 3.80. The fraction of sp³-hybridized carbons (Fsp3) is 1.00. The van der Waals surface area contributed by atoms with Gasteiger partial charge in [0.05, 0.1) is 0 Å². The Morgan fingerprint density at radius 2 is 1.71 bits per heavy atom. The summed E-state index contributed by atoms with van der Waals surface area (Å²) < 4.78 is 0. The van der Waals surface area contributed by atoms with Crippen LogP contribution < -0.4 is 5.32 Å². The molecule has 2 aliphatic carbocycles. The lowest BCUT2D eigenvalue weighted by atomic mass is 9.89. The minimum Gasteiger partial charge on any atom is -0.313 e. The Morgan fingerprint density at radius 3 is 2.36 bits per heavy atom. The van der Waals surface area contributed by atoms with Crippen LogP contribution in [-0.2, 0) is 0 Å². The van der Waals surface area contributed by atoms with Crippen LogP contribution in [-0.4, -0.2) is 12.6 Å². The highest BCUT2D eigenvalue weighted by molar-refractivity contribution is 4.81. The molecular weight excluding hydrogens is 170 g/mol. The SMILES string of the molecule is CC1CCCC1NCC1CCCCC1. The standard InChI is InChI=1S/C13H25N/c1-11-6-5-9-13(11)14-10-12-7-3-2-4-8-12/h11-14H,2-10H2,1H3. The summed E-state index contributed by atoms with van der Waals surface area (Å²) in [6.07, 6.45) is 11.7. The summed E-state index contributed by atoms with van der Waals surface area (Å²) in [5, 5.41) is 3.80. The Hall–Kier alpha value is -0.0400. The van der Waals surface area contributed by atoms with Crippen molar-refractivity contribution in [2.24, 2.45) is 11.8 Å². The highest BCUT2D eigenvalue weighted by Crippen LogP contribution is 2.27. The molecule has 0 aliphatic heterocycles. The number of hydrogen-bond acceptors (Lipinski definition) is 1. The summed E-state index contributed by atoms with van der Waals surface area (Å²) in [5.41, 5.74) is 0. The van der Waals surface area contributed by atoms with Crippen molar-refractivity contribution in [2.75, 3.05) is 6.54 Å². The Labute approximate surface area is 88.7 Å². The van der Waals surface area contributed by atoms with Crippen molar-refractivity contribution in [1.29, 1.82) is 0 Å². The van der Waals surface area contributed by atoms with Crippen molar-refractivity contribution < 1.29 is 0 Å². The molecule has 2 rings (SSSR count). The first-order chi connectivity index (χ1) is 6.86. The summed E-state index contributed by atoms with van der Waals surface area (Å²) in [4.78, 5) is 0. The van der Waals surface area contributed by atoms with E-state index in [9.17, 15) is 0 Å². The molecule has 0 amide bonds. The third-order valence-corrected chi connectivity index (χ3v) is 4.25. The molecule has 2 fully saturated rings. The van der Waals surface area contributed by atoms with Crippen LogP contribution in [0.2, 0.25) is 0 Å². The summed E-state index contributed by atoms with van der Waals surface area (Å²) in [7, 11) is 0. The largest absolute Gasteiger partial charge is 0.313 e. The van der Waals surface area contributed by atoms with Crippen molar-refractivity contribution >= 4 is 0 Å². The fourth-order valence-electron chi connectivity index (χ4n) is 3.16. The first-order valence-corrected chi connectivity index (χ1v) is 6.59. The molecule has 0 aromatic heterocycles. The predicted molar refractivity (Wildman–Crippen MR) is 61.4 cm³/mol. The van der Waals surface area contributed by atoms with Crippen molar-refractivity contribution in [3.05, 3.63) is 0 Å². The molecule has 2 unspecified atom stereocenters. The summed E-state index contributed by atoms with van der Waals surface area (Å²) in [6.45, 7) is 3.71. The molecule has 0 saturated heterocycles. The van der Waals surface area contributed by atoms with Crippen molar-refractivity contribution in [1.82, 2.24) is 5.32 Å². The molecule has 1 nitrogen and oxygen atoms in total. The van der Waals surface area contributed by atoms with Gasteiger partial charge < -0.3 is 5.32 Å². The van der Waals surface area contributed by atoms with Gasteiger partial charge in [-0.3, -0.25) is 0 Å². The quantitative estimate of drug-likeness (QED) is 0.728. The monoisotopic (exact) mass is 195 g/mol. The zero-order chi connectivity index (χ0) is 9.80. The number of nitrogens with one attached hydrogen (secondary N) is 1. The molecule has 2 saturated carbocycles. The fourth-order valence-corrected chi connectivity index (χ4v) is 3.16. The molecule has 0 radical (unpaired) electrons. The van der Waals surface area contributed by atoms with Gasteiger partial charge in [0.1, 0.15) is 0 Å². The van der Waals surface area contributed by atoms with Gasteiger partial charge in [0, 0.05) is 6.04 Å². The van der Waals surface area contributed by atoms with Gasteiger partial charge in [-0.15, -0.1) is 0 Å². The van der Waals surface area contributed by atoms with E-state index in [1.807, 2.05) is 0 Å². The third kappa shape index (κ3) is 2.73. The van der Waals surface area contributed by atoms with Crippen LogP contribution in [0.1, 0.15) is 58.3 Å². The summed E-state index contributed by atoms with van der Waals surface area (Å²) in [5.74, 6) is 1.93. The van der Waals surface area contributed by atoms with Gasteiger partial charge in [-0.1, -0.05) is 32.6 Å². The average Bonchev–Trinajstić information content (AvgIpc) is 2.63. The van der Waals surface area contributed by atoms with E-state index in [4.69, 9.17) is 0 Å². The Morgan fingerprint density at radius 1 is 0.929 bits per heavy atom. The highest BCUT2D eigenvalue weighted by Gasteiger charge is 2.23. The Balaban J connectivity index is 1.65. The lowest BCUT2D eigenvalue weighted by molar-refractivity contribution is 0.312. The van der Waals surface area contributed by atoms with E-state index in [0.717, 1.165) is 17.9 Å². The minimum atomic E-state index is 0.844. The molecular formula is C13H25N. The molecule has 1 heteroatoms.